The summed E-state index contributed by atoms with van der Waals surface area (Å²) in [5.74, 6) is -2.49. The van der Waals surface area contributed by atoms with Gasteiger partial charge in [-0.15, -0.1) is 0 Å². The van der Waals surface area contributed by atoms with Crippen molar-refractivity contribution in [3.63, 3.8) is 0 Å². The van der Waals surface area contributed by atoms with E-state index in [-0.39, 0.29) is 0 Å². The van der Waals surface area contributed by atoms with Crippen LogP contribution in [0, 0.1) is 0 Å². The number of sulfone groups is 1. The molecule has 0 saturated heterocycles. The van der Waals surface area contributed by atoms with E-state index < -0.39 is 72.9 Å². The predicted molar refractivity (Wildman–Crippen MR) is 97.3 cm³/mol. The summed E-state index contributed by atoms with van der Waals surface area (Å²) in [6.45, 7) is 2.23. The van der Waals surface area contributed by atoms with Crippen molar-refractivity contribution in [2.45, 2.75) is 37.2 Å². The number of halogens is 6. The summed E-state index contributed by atoms with van der Waals surface area (Å²) < 4.78 is 109. The van der Waals surface area contributed by atoms with Crippen molar-refractivity contribution in [3.05, 3.63) is 47.5 Å². The van der Waals surface area contributed by atoms with E-state index in [9.17, 15) is 39.6 Å². The van der Waals surface area contributed by atoms with Crippen LogP contribution in [0.2, 0.25) is 0 Å². The fraction of sp³-hybridized carbons (Fsp3) is 0.316. The Labute approximate surface area is 173 Å². The number of carboxylic acid groups (broad SMARTS) is 1. The van der Waals surface area contributed by atoms with Gasteiger partial charge in [-0.2, -0.15) is 26.3 Å². The molecule has 0 aliphatic carbocycles. The Morgan fingerprint density at radius 3 is 2.13 bits per heavy atom. The second kappa shape index (κ2) is 8.40. The third-order valence-corrected chi connectivity index (χ3v) is 6.06. The minimum atomic E-state index is -5.12. The molecule has 0 fully saturated rings. The van der Waals surface area contributed by atoms with Crippen LogP contribution in [0.1, 0.15) is 25.0 Å². The molecule has 0 bridgehead atoms. The Morgan fingerprint density at radius 2 is 1.65 bits per heavy atom. The van der Waals surface area contributed by atoms with Crippen LogP contribution in [-0.4, -0.2) is 31.4 Å². The monoisotopic (exact) mass is 470 g/mol. The van der Waals surface area contributed by atoms with Gasteiger partial charge in [-0.1, -0.05) is 13.0 Å². The molecule has 0 spiro atoms. The van der Waals surface area contributed by atoms with E-state index in [2.05, 4.69) is 0 Å². The maximum absolute atomic E-state index is 13.5. The second-order valence-corrected chi connectivity index (χ2v) is 8.67. The number of carbonyl (C=O) groups is 1. The SMILES string of the molecule is CCS(=O)(=O)c1ccc(-c2cc(C(F)(F)F)ccc2O[C@@H](C)C(=O)O)cc1C(F)(F)F. The second-order valence-electron chi connectivity index (χ2n) is 6.42. The quantitative estimate of drug-likeness (QED) is 0.599. The molecule has 2 aromatic rings. The molecule has 0 aliphatic rings. The van der Waals surface area contributed by atoms with Gasteiger partial charge in [0.1, 0.15) is 5.75 Å². The van der Waals surface area contributed by atoms with Gasteiger partial charge in [-0.05, 0) is 42.8 Å². The van der Waals surface area contributed by atoms with Gasteiger partial charge in [0, 0.05) is 5.56 Å². The van der Waals surface area contributed by atoms with Gasteiger partial charge >= 0.3 is 18.3 Å². The lowest BCUT2D eigenvalue weighted by Crippen LogP contribution is -2.23. The molecule has 170 valence electrons. The molecule has 0 saturated carbocycles. The molecule has 0 unspecified atom stereocenters. The minimum Gasteiger partial charge on any atom is -0.479 e. The van der Waals surface area contributed by atoms with Gasteiger partial charge < -0.3 is 9.84 Å². The molecule has 2 rings (SSSR count). The van der Waals surface area contributed by atoms with E-state index in [4.69, 9.17) is 9.84 Å². The average molecular weight is 470 g/mol. The maximum atomic E-state index is 13.5. The highest BCUT2D eigenvalue weighted by atomic mass is 32.2. The zero-order valence-corrected chi connectivity index (χ0v) is 16.8. The van der Waals surface area contributed by atoms with Crippen LogP contribution in [0.5, 0.6) is 5.75 Å². The Bertz CT molecular complexity index is 1090. The van der Waals surface area contributed by atoms with E-state index in [0.717, 1.165) is 26.0 Å². The Kier molecular flexibility index (Phi) is 6.64. The van der Waals surface area contributed by atoms with Crippen LogP contribution in [0.25, 0.3) is 11.1 Å². The standard InChI is InChI=1S/C19H16F6O5S/c1-3-31(28,29)16-7-4-11(8-14(16)19(23,24)25)13-9-12(18(20,21)22)5-6-15(13)30-10(2)17(26)27/h4-10H,3H2,1-2H3,(H,26,27)/t10-/m0/s1. The number of rotatable bonds is 6. The molecule has 0 aromatic heterocycles. The van der Waals surface area contributed by atoms with Gasteiger partial charge in [0.2, 0.25) is 0 Å². The van der Waals surface area contributed by atoms with Crippen molar-refractivity contribution in [3.8, 4) is 16.9 Å². The summed E-state index contributed by atoms with van der Waals surface area (Å²) in [5, 5.41) is 8.97. The lowest BCUT2D eigenvalue weighted by molar-refractivity contribution is -0.144. The number of alkyl halides is 6. The zero-order chi connectivity index (χ0) is 23.8. The Morgan fingerprint density at radius 1 is 1.03 bits per heavy atom. The normalized spacial score (nSPS) is 13.7. The first-order chi connectivity index (χ1) is 14.1. The number of ether oxygens (including phenoxy) is 1. The van der Waals surface area contributed by atoms with Gasteiger partial charge in [-0.25, -0.2) is 13.2 Å². The third-order valence-electron chi connectivity index (χ3n) is 4.27. The highest BCUT2D eigenvalue weighted by Crippen LogP contribution is 2.41. The average Bonchev–Trinajstić information content (AvgIpc) is 2.66. The molecule has 2 aromatic carbocycles. The Hall–Kier alpha value is -2.76. The van der Waals surface area contributed by atoms with Crippen LogP contribution in [0.3, 0.4) is 0 Å². The molecule has 0 radical (unpaired) electrons. The van der Waals surface area contributed by atoms with Crippen molar-refractivity contribution >= 4 is 15.8 Å². The predicted octanol–water partition coefficient (Wildman–Crippen LogP) is 5.04. The van der Waals surface area contributed by atoms with Crippen LogP contribution in [0.15, 0.2) is 41.3 Å². The van der Waals surface area contributed by atoms with Crippen molar-refractivity contribution in [2.75, 3.05) is 5.75 Å². The first-order valence-electron chi connectivity index (χ1n) is 8.63. The fourth-order valence-electron chi connectivity index (χ4n) is 2.62. The highest BCUT2D eigenvalue weighted by Gasteiger charge is 2.38. The van der Waals surface area contributed by atoms with Gasteiger partial charge in [-0.3, -0.25) is 0 Å². The van der Waals surface area contributed by atoms with Crippen molar-refractivity contribution in [2.24, 2.45) is 0 Å². The van der Waals surface area contributed by atoms with E-state index >= 15 is 0 Å². The van der Waals surface area contributed by atoms with E-state index in [1.165, 1.54) is 0 Å². The van der Waals surface area contributed by atoms with Gasteiger partial charge in [0.15, 0.2) is 15.9 Å². The van der Waals surface area contributed by atoms with Crippen molar-refractivity contribution < 1.29 is 49.4 Å². The number of hydrogen-bond donors (Lipinski definition) is 1. The molecule has 1 N–H and O–H groups in total. The first kappa shape index (κ1) is 24.5. The van der Waals surface area contributed by atoms with Crippen LogP contribution < -0.4 is 4.74 Å². The first-order valence-corrected chi connectivity index (χ1v) is 10.3. The molecular formula is C19H16F6O5S. The lowest BCUT2D eigenvalue weighted by Gasteiger charge is -2.19. The third kappa shape index (κ3) is 5.49. The highest BCUT2D eigenvalue weighted by molar-refractivity contribution is 7.91. The number of hydrogen-bond acceptors (Lipinski definition) is 4. The molecule has 12 heteroatoms. The molecule has 1 atom stereocenters. The van der Waals surface area contributed by atoms with Gasteiger partial charge in [0.05, 0.1) is 21.8 Å². The van der Waals surface area contributed by atoms with Gasteiger partial charge in [0.25, 0.3) is 0 Å². The Balaban J connectivity index is 2.79. The largest absolute Gasteiger partial charge is 0.479 e. The van der Waals surface area contributed by atoms with Crippen LogP contribution >= 0.6 is 0 Å². The van der Waals surface area contributed by atoms with E-state index in [1.807, 2.05) is 0 Å². The minimum absolute atomic E-state index is 0.399. The number of benzene rings is 2. The van der Waals surface area contributed by atoms with Crippen molar-refractivity contribution in [1.82, 2.24) is 0 Å². The number of carboxylic acids is 1. The fourth-order valence-corrected chi connectivity index (χ4v) is 3.72. The number of aliphatic carboxylic acids is 1. The summed E-state index contributed by atoms with van der Waals surface area (Å²) >= 11 is 0. The summed E-state index contributed by atoms with van der Waals surface area (Å²) in [4.78, 5) is 10.0. The van der Waals surface area contributed by atoms with Crippen LogP contribution in [0.4, 0.5) is 26.3 Å². The molecule has 31 heavy (non-hydrogen) atoms. The van der Waals surface area contributed by atoms with E-state index in [1.54, 1.807) is 0 Å². The molecule has 5 nitrogen and oxygen atoms in total. The molecule has 0 heterocycles. The molecule has 0 amide bonds. The summed E-state index contributed by atoms with van der Waals surface area (Å²) in [6.07, 6.45) is -11.5. The van der Waals surface area contributed by atoms with Crippen molar-refractivity contribution in [1.29, 1.82) is 0 Å². The lowest BCUT2D eigenvalue weighted by atomic mass is 9.99. The topological polar surface area (TPSA) is 80.7 Å². The summed E-state index contributed by atoms with van der Waals surface area (Å²) in [6, 6.07) is 3.85. The van der Waals surface area contributed by atoms with Crippen LogP contribution in [-0.2, 0) is 27.0 Å². The molecular weight excluding hydrogens is 454 g/mol. The summed E-state index contributed by atoms with van der Waals surface area (Å²) in [5.41, 5.74) is -3.67. The summed E-state index contributed by atoms with van der Waals surface area (Å²) in [7, 11) is -4.29. The molecule has 0 aliphatic heterocycles. The zero-order valence-electron chi connectivity index (χ0n) is 16.0. The maximum Gasteiger partial charge on any atom is 0.417 e. The van der Waals surface area contributed by atoms with E-state index in [0.29, 0.717) is 24.3 Å². The smallest absolute Gasteiger partial charge is 0.417 e.